The lowest BCUT2D eigenvalue weighted by molar-refractivity contribution is 0.130. The fourth-order valence-electron chi connectivity index (χ4n) is 2.53. The maximum Gasteiger partial charge on any atom is 0.319 e. The number of aliphatic hydroxyl groups is 1. The zero-order valence-electron chi connectivity index (χ0n) is 13.8. The lowest BCUT2D eigenvalue weighted by Gasteiger charge is -2.17. The van der Waals surface area contributed by atoms with Crippen molar-refractivity contribution in [1.82, 2.24) is 15.1 Å². The number of aliphatic hydroxyl groups excluding tert-OH is 1. The van der Waals surface area contributed by atoms with Gasteiger partial charge in [-0.1, -0.05) is 6.07 Å². The molecule has 0 radical (unpaired) electrons. The van der Waals surface area contributed by atoms with E-state index in [1.807, 2.05) is 37.4 Å². The number of anilines is 1. The van der Waals surface area contributed by atoms with Crippen molar-refractivity contribution in [3.63, 3.8) is 0 Å². The maximum absolute atomic E-state index is 12.1. The Labute approximate surface area is 145 Å². The van der Waals surface area contributed by atoms with Crippen molar-refractivity contribution in [3.05, 3.63) is 66.9 Å². The fraction of sp³-hybridized carbons (Fsp3) is 0.222. The molecule has 0 aliphatic rings. The van der Waals surface area contributed by atoms with E-state index in [-0.39, 0.29) is 12.1 Å². The summed E-state index contributed by atoms with van der Waals surface area (Å²) in [6.07, 6.45) is 4.63. The number of amides is 2. The van der Waals surface area contributed by atoms with Gasteiger partial charge in [-0.2, -0.15) is 5.10 Å². The molecule has 1 aromatic carbocycles. The highest BCUT2D eigenvalue weighted by Crippen LogP contribution is 2.18. The van der Waals surface area contributed by atoms with Gasteiger partial charge < -0.3 is 20.2 Å². The number of benzene rings is 1. The zero-order chi connectivity index (χ0) is 17.6. The van der Waals surface area contributed by atoms with E-state index in [2.05, 4.69) is 15.7 Å². The number of urea groups is 1. The van der Waals surface area contributed by atoms with Crippen LogP contribution in [0.15, 0.2) is 65.5 Å². The van der Waals surface area contributed by atoms with Crippen molar-refractivity contribution in [2.75, 3.05) is 5.32 Å². The summed E-state index contributed by atoms with van der Waals surface area (Å²) >= 11 is 0. The Balaban J connectivity index is 1.54. The molecule has 0 bridgehead atoms. The quantitative estimate of drug-likeness (QED) is 0.643. The number of hydrogen-bond acceptors (Lipinski definition) is 4. The standard InChI is InChI=1S/C18H20N4O3/c1-13(11-16(23)17-7-3-10-25-17)20-18(24)21-14-5-2-6-15(12-14)22-9-4-8-19-22/h2-10,12-13,16,23H,11H2,1H3,(H2,20,21,24). The summed E-state index contributed by atoms with van der Waals surface area (Å²) in [6, 6.07) is 12.1. The molecule has 3 N–H and O–H groups in total. The van der Waals surface area contributed by atoms with Crippen molar-refractivity contribution in [2.24, 2.45) is 0 Å². The molecule has 0 saturated heterocycles. The number of carbonyl (C=O) groups is 1. The molecule has 7 nitrogen and oxygen atoms in total. The van der Waals surface area contributed by atoms with Gasteiger partial charge in [-0.25, -0.2) is 9.48 Å². The van der Waals surface area contributed by atoms with E-state index >= 15 is 0 Å². The minimum atomic E-state index is -0.756. The second-order valence-corrected chi connectivity index (χ2v) is 5.77. The summed E-state index contributed by atoms with van der Waals surface area (Å²) in [5, 5.41) is 19.8. The van der Waals surface area contributed by atoms with E-state index in [9.17, 15) is 9.90 Å². The minimum absolute atomic E-state index is 0.227. The zero-order valence-corrected chi connectivity index (χ0v) is 13.8. The van der Waals surface area contributed by atoms with Crippen LogP contribution in [0.2, 0.25) is 0 Å². The third-order valence-electron chi connectivity index (χ3n) is 3.70. The van der Waals surface area contributed by atoms with Gasteiger partial charge in [0.15, 0.2) is 0 Å². The molecule has 2 heterocycles. The number of aromatic nitrogens is 2. The van der Waals surface area contributed by atoms with Crippen LogP contribution in [0.25, 0.3) is 5.69 Å². The second-order valence-electron chi connectivity index (χ2n) is 5.77. The van der Waals surface area contributed by atoms with E-state index in [4.69, 9.17) is 4.42 Å². The van der Waals surface area contributed by atoms with Crippen LogP contribution >= 0.6 is 0 Å². The molecule has 2 atom stereocenters. The number of carbonyl (C=O) groups excluding carboxylic acids is 1. The highest BCUT2D eigenvalue weighted by molar-refractivity contribution is 5.89. The van der Waals surface area contributed by atoms with Crippen molar-refractivity contribution in [3.8, 4) is 5.69 Å². The van der Waals surface area contributed by atoms with Crippen molar-refractivity contribution >= 4 is 11.7 Å². The number of hydrogen-bond donors (Lipinski definition) is 3. The van der Waals surface area contributed by atoms with E-state index in [1.54, 1.807) is 29.1 Å². The van der Waals surface area contributed by atoms with Gasteiger partial charge >= 0.3 is 6.03 Å². The first-order valence-corrected chi connectivity index (χ1v) is 8.01. The molecular formula is C18H20N4O3. The Morgan fingerprint density at radius 3 is 2.92 bits per heavy atom. The van der Waals surface area contributed by atoms with Gasteiger partial charge in [0.25, 0.3) is 0 Å². The number of furan rings is 1. The molecule has 2 amide bonds. The van der Waals surface area contributed by atoms with Gasteiger partial charge in [0.05, 0.1) is 12.0 Å². The van der Waals surface area contributed by atoms with Crippen LogP contribution in [0.3, 0.4) is 0 Å². The molecule has 0 spiro atoms. The summed E-state index contributed by atoms with van der Waals surface area (Å²) in [5.41, 5.74) is 1.51. The number of nitrogens with zero attached hydrogens (tertiary/aromatic N) is 2. The van der Waals surface area contributed by atoms with Gasteiger partial charge in [0.1, 0.15) is 11.9 Å². The van der Waals surface area contributed by atoms with Crippen LogP contribution in [-0.2, 0) is 0 Å². The smallest absolute Gasteiger partial charge is 0.319 e. The van der Waals surface area contributed by atoms with Crippen molar-refractivity contribution in [1.29, 1.82) is 0 Å². The molecule has 0 aliphatic heterocycles. The molecule has 2 aromatic heterocycles. The van der Waals surface area contributed by atoms with Crippen molar-refractivity contribution in [2.45, 2.75) is 25.5 Å². The summed E-state index contributed by atoms with van der Waals surface area (Å²) in [5.74, 6) is 0.487. The highest BCUT2D eigenvalue weighted by Gasteiger charge is 2.16. The lowest BCUT2D eigenvalue weighted by Crippen LogP contribution is -2.37. The van der Waals surface area contributed by atoms with Crippen LogP contribution in [0, 0.1) is 0 Å². The normalized spacial score (nSPS) is 13.2. The van der Waals surface area contributed by atoms with Crippen LogP contribution in [-0.4, -0.2) is 27.0 Å². The van der Waals surface area contributed by atoms with Gasteiger partial charge in [-0.15, -0.1) is 0 Å². The molecule has 3 rings (SSSR count). The summed E-state index contributed by atoms with van der Waals surface area (Å²) in [7, 11) is 0. The predicted octanol–water partition coefficient (Wildman–Crippen LogP) is 3.10. The Morgan fingerprint density at radius 1 is 1.32 bits per heavy atom. The van der Waals surface area contributed by atoms with E-state index < -0.39 is 6.10 Å². The Kier molecular flexibility index (Phi) is 5.15. The van der Waals surface area contributed by atoms with Gasteiger partial charge in [0, 0.05) is 30.5 Å². The molecule has 2 unspecified atom stereocenters. The van der Waals surface area contributed by atoms with Gasteiger partial charge in [0.2, 0.25) is 0 Å². The van der Waals surface area contributed by atoms with Crippen molar-refractivity contribution < 1.29 is 14.3 Å². The van der Waals surface area contributed by atoms with Crippen LogP contribution in [0.5, 0.6) is 0 Å². The SMILES string of the molecule is CC(CC(O)c1ccco1)NC(=O)Nc1cccc(-n2cccn2)c1. The van der Waals surface area contributed by atoms with E-state index in [0.29, 0.717) is 17.9 Å². The van der Waals surface area contributed by atoms with Gasteiger partial charge in [-0.3, -0.25) is 0 Å². The third kappa shape index (κ3) is 4.48. The average molecular weight is 340 g/mol. The van der Waals surface area contributed by atoms with Crippen LogP contribution in [0.4, 0.5) is 10.5 Å². The topological polar surface area (TPSA) is 92.3 Å². The first-order valence-electron chi connectivity index (χ1n) is 8.01. The molecular weight excluding hydrogens is 320 g/mol. The lowest BCUT2D eigenvalue weighted by atomic mass is 10.1. The summed E-state index contributed by atoms with van der Waals surface area (Å²) < 4.78 is 6.87. The molecule has 7 heteroatoms. The monoisotopic (exact) mass is 340 g/mol. The first kappa shape index (κ1) is 16.8. The van der Waals surface area contributed by atoms with E-state index in [1.165, 1.54) is 6.26 Å². The number of nitrogens with one attached hydrogen (secondary N) is 2. The Morgan fingerprint density at radius 2 is 2.20 bits per heavy atom. The second kappa shape index (κ2) is 7.67. The molecule has 3 aromatic rings. The van der Waals surface area contributed by atoms with Crippen LogP contribution in [0.1, 0.15) is 25.2 Å². The summed E-state index contributed by atoms with van der Waals surface area (Å²) in [4.78, 5) is 12.1. The predicted molar refractivity (Wildman–Crippen MR) is 93.5 cm³/mol. The minimum Gasteiger partial charge on any atom is -0.467 e. The average Bonchev–Trinajstić information content (AvgIpc) is 3.28. The Hall–Kier alpha value is -3.06. The maximum atomic E-state index is 12.1. The molecule has 0 fully saturated rings. The Bertz CT molecular complexity index is 800. The third-order valence-corrected chi connectivity index (χ3v) is 3.70. The summed E-state index contributed by atoms with van der Waals surface area (Å²) in [6.45, 7) is 1.83. The molecule has 25 heavy (non-hydrogen) atoms. The van der Waals surface area contributed by atoms with Crippen LogP contribution < -0.4 is 10.6 Å². The largest absolute Gasteiger partial charge is 0.467 e. The molecule has 0 aliphatic carbocycles. The molecule has 0 saturated carbocycles. The number of rotatable bonds is 6. The van der Waals surface area contributed by atoms with E-state index in [0.717, 1.165) is 5.69 Å². The first-order chi connectivity index (χ1) is 12.1. The fourth-order valence-corrected chi connectivity index (χ4v) is 2.53. The van der Waals surface area contributed by atoms with Gasteiger partial charge in [-0.05, 0) is 43.3 Å². The molecule has 130 valence electrons. The highest BCUT2D eigenvalue weighted by atomic mass is 16.4.